The van der Waals surface area contributed by atoms with Crippen molar-refractivity contribution in [3.8, 4) is 5.75 Å². The van der Waals surface area contributed by atoms with Crippen LogP contribution in [-0.2, 0) is 6.42 Å². The maximum Gasteiger partial charge on any atom is 0.122 e. The van der Waals surface area contributed by atoms with E-state index >= 15 is 0 Å². The van der Waals surface area contributed by atoms with Crippen LogP contribution in [0.2, 0.25) is 0 Å². The Morgan fingerprint density at radius 1 is 1.24 bits per heavy atom. The Balaban J connectivity index is 2.82. The molecule has 1 atom stereocenters. The molecular weight excluding hydrogens is 210 g/mol. The van der Waals surface area contributed by atoms with E-state index in [0.717, 1.165) is 18.6 Å². The van der Waals surface area contributed by atoms with Crippen LogP contribution in [0.4, 0.5) is 0 Å². The van der Waals surface area contributed by atoms with Gasteiger partial charge in [-0.15, -0.1) is 0 Å². The molecule has 0 amide bonds. The van der Waals surface area contributed by atoms with Crippen molar-refractivity contribution in [3.63, 3.8) is 0 Å². The van der Waals surface area contributed by atoms with Crippen molar-refractivity contribution in [3.05, 3.63) is 29.3 Å². The van der Waals surface area contributed by atoms with Gasteiger partial charge < -0.3 is 10.1 Å². The number of aryl methyl sites for hydroxylation is 1. The lowest BCUT2D eigenvalue weighted by atomic mass is 9.97. The predicted molar refractivity (Wildman–Crippen MR) is 73.9 cm³/mol. The van der Waals surface area contributed by atoms with Crippen molar-refractivity contribution in [2.75, 3.05) is 14.2 Å². The Morgan fingerprint density at radius 3 is 2.47 bits per heavy atom. The SMILES string of the molecule is CNC(C)CCc1cc(C(C)C)ccc1OC. The fraction of sp³-hybridized carbons (Fsp3) is 0.600. The summed E-state index contributed by atoms with van der Waals surface area (Å²) in [6, 6.07) is 7.08. The van der Waals surface area contributed by atoms with E-state index in [0.29, 0.717) is 12.0 Å². The van der Waals surface area contributed by atoms with E-state index in [4.69, 9.17) is 4.74 Å². The number of benzene rings is 1. The van der Waals surface area contributed by atoms with Gasteiger partial charge in [-0.1, -0.05) is 26.0 Å². The van der Waals surface area contributed by atoms with Crippen molar-refractivity contribution >= 4 is 0 Å². The van der Waals surface area contributed by atoms with E-state index in [9.17, 15) is 0 Å². The molecule has 2 nitrogen and oxygen atoms in total. The molecule has 1 rings (SSSR count). The van der Waals surface area contributed by atoms with E-state index < -0.39 is 0 Å². The van der Waals surface area contributed by atoms with Crippen LogP contribution in [0.15, 0.2) is 18.2 Å². The molecule has 1 N–H and O–H groups in total. The Kier molecular flexibility index (Phi) is 5.49. The normalized spacial score (nSPS) is 12.8. The molecule has 1 unspecified atom stereocenters. The molecule has 0 saturated carbocycles. The van der Waals surface area contributed by atoms with Crippen LogP contribution >= 0.6 is 0 Å². The largest absolute Gasteiger partial charge is 0.496 e. The molecular formula is C15H25NO. The first kappa shape index (κ1) is 14.0. The second-order valence-corrected chi connectivity index (χ2v) is 4.95. The predicted octanol–water partition coefficient (Wildman–Crippen LogP) is 3.36. The summed E-state index contributed by atoms with van der Waals surface area (Å²) in [5, 5.41) is 3.27. The molecule has 0 heterocycles. The highest BCUT2D eigenvalue weighted by atomic mass is 16.5. The average molecular weight is 235 g/mol. The molecule has 0 aromatic heterocycles. The van der Waals surface area contributed by atoms with E-state index in [1.54, 1.807) is 7.11 Å². The lowest BCUT2D eigenvalue weighted by molar-refractivity contribution is 0.407. The van der Waals surface area contributed by atoms with Crippen LogP contribution in [0.5, 0.6) is 5.75 Å². The van der Waals surface area contributed by atoms with Gasteiger partial charge in [0.25, 0.3) is 0 Å². The summed E-state index contributed by atoms with van der Waals surface area (Å²) in [4.78, 5) is 0. The van der Waals surface area contributed by atoms with Gasteiger partial charge in [0.2, 0.25) is 0 Å². The maximum atomic E-state index is 5.43. The van der Waals surface area contributed by atoms with Gasteiger partial charge in [-0.2, -0.15) is 0 Å². The van der Waals surface area contributed by atoms with Crippen molar-refractivity contribution in [2.24, 2.45) is 0 Å². The Labute approximate surface area is 105 Å². The molecule has 1 aromatic carbocycles. The first-order chi connectivity index (χ1) is 8.08. The molecule has 96 valence electrons. The maximum absolute atomic E-state index is 5.43. The summed E-state index contributed by atoms with van der Waals surface area (Å²) in [6.07, 6.45) is 2.19. The highest BCUT2D eigenvalue weighted by Crippen LogP contribution is 2.25. The topological polar surface area (TPSA) is 21.3 Å². The third-order valence-electron chi connectivity index (χ3n) is 3.31. The molecule has 0 saturated heterocycles. The summed E-state index contributed by atoms with van der Waals surface area (Å²) >= 11 is 0. The van der Waals surface area contributed by atoms with Crippen LogP contribution in [0.3, 0.4) is 0 Å². The quantitative estimate of drug-likeness (QED) is 0.816. The van der Waals surface area contributed by atoms with Crippen LogP contribution in [0, 0.1) is 0 Å². The number of methoxy groups -OCH3 is 1. The molecule has 17 heavy (non-hydrogen) atoms. The minimum Gasteiger partial charge on any atom is -0.496 e. The number of hydrogen-bond donors (Lipinski definition) is 1. The third kappa shape index (κ3) is 4.04. The monoisotopic (exact) mass is 235 g/mol. The molecule has 0 bridgehead atoms. The molecule has 0 spiro atoms. The summed E-state index contributed by atoms with van der Waals surface area (Å²) in [6.45, 7) is 6.66. The molecule has 0 aliphatic carbocycles. The fourth-order valence-electron chi connectivity index (χ4n) is 1.87. The van der Waals surface area contributed by atoms with Gasteiger partial charge >= 0.3 is 0 Å². The Bertz CT molecular complexity index is 347. The summed E-state index contributed by atoms with van der Waals surface area (Å²) in [7, 11) is 3.75. The lowest BCUT2D eigenvalue weighted by Crippen LogP contribution is -2.21. The molecule has 0 fully saturated rings. The Morgan fingerprint density at radius 2 is 1.94 bits per heavy atom. The van der Waals surface area contributed by atoms with E-state index in [-0.39, 0.29) is 0 Å². The number of nitrogens with one attached hydrogen (secondary N) is 1. The summed E-state index contributed by atoms with van der Waals surface area (Å²) in [5.74, 6) is 1.58. The van der Waals surface area contributed by atoms with E-state index in [2.05, 4.69) is 44.3 Å². The zero-order chi connectivity index (χ0) is 12.8. The number of hydrogen-bond acceptors (Lipinski definition) is 2. The number of rotatable bonds is 6. The van der Waals surface area contributed by atoms with Gasteiger partial charge in [0, 0.05) is 6.04 Å². The minimum absolute atomic E-state index is 0.544. The van der Waals surface area contributed by atoms with Gasteiger partial charge in [-0.05, 0) is 49.9 Å². The lowest BCUT2D eigenvalue weighted by Gasteiger charge is -2.15. The molecule has 1 aromatic rings. The Hall–Kier alpha value is -1.02. The van der Waals surface area contributed by atoms with Gasteiger partial charge in [0.15, 0.2) is 0 Å². The van der Waals surface area contributed by atoms with E-state index in [1.807, 2.05) is 7.05 Å². The smallest absolute Gasteiger partial charge is 0.122 e. The van der Waals surface area contributed by atoms with Crippen molar-refractivity contribution in [1.82, 2.24) is 5.32 Å². The van der Waals surface area contributed by atoms with Crippen LogP contribution in [0.25, 0.3) is 0 Å². The average Bonchev–Trinajstić information content (AvgIpc) is 2.35. The molecule has 0 aliphatic heterocycles. The van der Waals surface area contributed by atoms with Gasteiger partial charge in [-0.25, -0.2) is 0 Å². The summed E-state index contributed by atoms with van der Waals surface area (Å²) in [5.41, 5.74) is 2.71. The first-order valence-corrected chi connectivity index (χ1v) is 6.42. The van der Waals surface area contributed by atoms with E-state index in [1.165, 1.54) is 11.1 Å². The van der Waals surface area contributed by atoms with Crippen molar-refractivity contribution < 1.29 is 4.74 Å². The second kappa shape index (κ2) is 6.65. The zero-order valence-corrected chi connectivity index (χ0v) is 11.7. The molecule has 0 radical (unpaired) electrons. The third-order valence-corrected chi connectivity index (χ3v) is 3.31. The fourth-order valence-corrected chi connectivity index (χ4v) is 1.87. The molecule has 0 aliphatic rings. The highest BCUT2D eigenvalue weighted by Gasteiger charge is 2.08. The zero-order valence-electron chi connectivity index (χ0n) is 11.7. The van der Waals surface area contributed by atoms with Crippen LogP contribution < -0.4 is 10.1 Å². The van der Waals surface area contributed by atoms with Gasteiger partial charge in [0.05, 0.1) is 7.11 Å². The van der Waals surface area contributed by atoms with Gasteiger partial charge in [-0.3, -0.25) is 0 Å². The van der Waals surface area contributed by atoms with Crippen LogP contribution in [0.1, 0.15) is 44.2 Å². The van der Waals surface area contributed by atoms with Crippen LogP contribution in [-0.4, -0.2) is 20.2 Å². The highest BCUT2D eigenvalue weighted by molar-refractivity contribution is 5.38. The van der Waals surface area contributed by atoms with Crippen molar-refractivity contribution in [1.29, 1.82) is 0 Å². The minimum atomic E-state index is 0.544. The van der Waals surface area contributed by atoms with Crippen molar-refractivity contribution in [2.45, 2.75) is 45.6 Å². The second-order valence-electron chi connectivity index (χ2n) is 4.95. The van der Waals surface area contributed by atoms with Gasteiger partial charge in [0.1, 0.15) is 5.75 Å². The number of ether oxygens (including phenoxy) is 1. The summed E-state index contributed by atoms with van der Waals surface area (Å²) < 4.78 is 5.43. The molecule has 2 heteroatoms. The standard InChI is InChI=1S/C15H25NO/c1-11(2)13-8-9-15(17-5)14(10-13)7-6-12(3)16-4/h8-12,16H,6-7H2,1-5H3. The first-order valence-electron chi connectivity index (χ1n) is 6.42.